The van der Waals surface area contributed by atoms with Gasteiger partial charge in [0, 0.05) is 37.4 Å². The molecule has 3 rings (SSSR count). The standard InChI is InChI=1S/C39H42N2O9/c1-5-37(43)48-23-9-7-21-46-32-15-11-30(12-16-32)27-40-35-19-18-34(25-28(35)3)50-39(45)20-14-31-13-17-33(26-36(31)41-29(4)42)47-22-8-10-24-49-38(44)6-2/h5-6,11-20,25-27H,1-2,7-10,21-24H2,3-4H3,(H,41,42)/b20-14+,40-27?. The van der Waals surface area contributed by atoms with Crippen molar-refractivity contribution in [2.75, 3.05) is 31.7 Å². The van der Waals surface area contributed by atoms with Crippen LogP contribution in [0.4, 0.5) is 11.4 Å². The zero-order chi connectivity index (χ0) is 36.1. The monoisotopic (exact) mass is 682 g/mol. The molecule has 11 nitrogen and oxygen atoms in total. The highest BCUT2D eigenvalue weighted by Gasteiger charge is 2.08. The number of unbranched alkanes of at least 4 members (excludes halogenated alkanes) is 2. The van der Waals surface area contributed by atoms with E-state index in [0.29, 0.717) is 61.8 Å². The van der Waals surface area contributed by atoms with Gasteiger partial charge in [-0.15, -0.1) is 0 Å². The van der Waals surface area contributed by atoms with Crippen molar-refractivity contribution in [3.63, 3.8) is 0 Å². The number of hydrogen-bond donors (Lipinski definition) is 1. The van der Waals surface area contributed by atoms with Gasteiger partial charge in [0.1, 0.15) is 17.2 Å². The van der Waals surface area contributed by atoms with Crippen molar-refractivity contribution < 1.29 is 42.9 Å². The van der Waals surface area contributed by atoms with Gasteiger partial charge >= 0.3 is 17.9 Å². The van der Waals surface area contributed by atoms with Crippen LogP contribution in [0.25, 0.3) is 6.08 Å². The summed E-state index contributed by atoms with van der Waals surface area (Å²) in [6, 6.07) is 17.8. The van der Waals surface area contributed by atoms with Gasteiger partial charge in [0.2, 0.25) is 5.91 Å². The molecule has 0 heterocycles. The fraction of sp³-hybridized carbons (Fsp3) is 0.256. The number of benzene rings is 3. The van der Waals surface area contributed by atoms with Crippen LogP contribution in [0.5, 0.6) is 17.2 Å². The smallest absolute Gasteiger partial charge is 0.336 e. The van der Waals surface area contributed by atoms with Crippen LogP contribution in [-0.2, 0) is 28.7 Å². The minimum atomic E-state index is -0.592. The van der Waals surface area contributed by atoms with Crippen LogP contribution in [-0.4, -0.2) is 56.5 Å². The van der Waals surface area contributed by atoms with E-state index in [9.17, 15) is 19.2 Å². The van der Waals surface area contributed by atoms with E-state index in [0.717, 1.165) is 41.1 Å². The fourth-order valence-corrected chi connectivity index (χ4v) is 4.26. The third-order valence-corrected chi connectivity index (χ3v) is 6.79. The number of anilines is 1. The summed E-state index contributed by atoms with van der Waals surface area (Å²) in [5.74, 6) is -0.129. The molecule has 0 saturated heterocycles. The van der Waals surface area contributed by atoms with E-state index in [1.54, 1.807) is 48.7 Å². The molecular formula is C39H42N2O9. The molecule has 0 fully saturated rings. The first-order chi connectivity index (χ1) is 24.2. The number of hydrogen-bond acceptors (Lipinski definition) is 10. The number of aliphatic imine (C=N–C) groups is 1. The van der Waals surface area contributed by atoms with Gasteiger partial charge in [-0.25, -0.2) is 14.4 Å². The Morgan fingerprint density at radius 1 is 0.720 bits per heavy atom. The summed E-state index contributed by atoms with van der Waals surface area (Å²) in [6.45, 7) is 11.5. The quantitative estimate of drug-likeness (QED) is 0.0435. The largest absolute Gasteiger partial charge is 0.494 e. The van der Waals surface area contributed by atoms with E-state index in [2.05, 4.69) is 23.5 Å². The van der Waals surface area contributed by atoms with Crippen LogP contribution in [0.15, 0.2) is 97.0 Å². The molecule has 1 amide bonds. The van der Waals surface area contributed by atoms with Crippen molar-refractivity contribution in [2.24, 2.45) is 4.99 Å². The summed E-state index contributed by atoms with van der Waals surface area (Å²) < 4.78 is 26.9. The molecule has 0 atom stereocenters. The lowest BCUT2D eigenvalue weighted by atomic mass is 10.1. The Bertz CT molecular complexity index is 1690. The molecule has 0 aliphatic heterocycles. The lowest BCUT2D eigenvalue weighted by Crippen LogP contribution is -2.08. The number of rotatable bonds is 20. The molecule has 50 heavy (non-hydrogen) atoms. The van der Waals surface area contributed by atoms with Gasteiger partial charge in [0.15, 0.2) is 0 Å². The SMILES string of the molecule is C=CC(=O)OCCCCOc1ccc(C=Nc2ccc(OC(=O)/C=C/c3ccc(OCCCCOC(=O)C=C)cc3NC(C)=O)cc2C)cc1. The molecular weight excluding hydrogens is 640 g/mol. The molecule has 0 spiro atoms. The minimum Gasteiger partial charge on any atom is -0.494 e. The number of ether oxygens (including phenoxy) is 5. The zero-order valence-corrected chi connectivity index (χ0v) is 28.4. The fourth-order valence-electron chi connectivity index (χ4n) is 4.26. The Morgan fingerprint density at radius 3 is 1.90 bits per heavy atom. The van der Waals surface area contributed by atoms with Gasteiger partial charge in [-0.3, -0.25) is 9.79 Å². The van der Waals surface area contributed by atoms with Gasteiger partial charge in [0.05, 0.1) is 37.8 Å². The average Bonchev–Trinajstić information content (AvgIpc) is 3.10. The Morgan fingerprint density at radius 2 is 1.30 bits per heavy atom. The van der Waals surface area contributed by atoms with Crippen molar-refractivity contribution in [3.8, 4) is 17.2 Å². The average molecular weight is 683 g/mol. The number of amides is 1. The topological polar surface area (TPSA) is 139 Å². The maximum Gasteiger partial charge on any atom is 0.336 e. The second-order valence-corrected chi connectivity index (χ2v) is 10.8. The second kappa shape index (κ2) is 21.1. The Balaban J connectivity index is 1.49. The normalized spacial score (nSPS) is 10.8. The number of nitrogens with zero attached hydrogens (tertiary/aromatic N) is 1. The van der Waals surface area contributed by atoms with E-state index >= 15 is 0 Å². The van der Waals surface area contributed by atoms with Gasteiger partial charge in [0.25, 0.3) is 0 Å². The lowest BCUT2D eigenvalue weighted by Gasteiger charge is -2.11. The number of carbonyl (C=O) groups excluding carboxylic acids is 4. The number of nitrogens with one attached hydrogen (secondary N) is 1. The predicted octanol–water partition coefficient (Wildman–Crippen LogP) is 7.10. The maximum absolute atomic E-state index is 12.6. The summed E-state index contributed by atoms with van der Waals surface area (Å²) >= 11 is 0. The highest BCUT2D eigenvalue weighted by molar-refractivity contribution is 5.94. The molecule has 3 aromatic rings. The van der Waals surface area contributed by atoms with Gasteiger partial charge in [-0.1, -0.05) is 13.2 Å². The summed E-state index contributed by atoms with van der Waals surface area (Å²) in [5.41, 5.74) is 3.48. The zero-order valence-electron chi connectivity index (χ0n) is 28.4. The Labute approximate surface area is 292 Å². The first kappa shape index (κ1) is 38.5. The van der Waals surface area contributed by atoms with Crippen LogP contribution < -0.4 is 19.5 Å². The minimum absolute atomic E-state index is 0.276. The Hall–Kier alpha value is -5.97. The van der Waals surface area contributed by atoms with E-state index < -0.39 is 17.9 Å². The van der Waals surface area contributed by atoms with E-state index in [-0.39, 0.29) is 12.5 Å². The molecule has 0 radical (unpaired) electrons. The number of esters is 3. The van der Waals surface area contributed by atoms with Crippen molar-refractivity contribution >= 4 is 47.5 Å². The van der Waals surface area contributed by atoms with Crippen molar-refractivity contribution in [3.05, 3.63) is 109 Å². The van der Waals surface area contributed by atoms with Crippen LogP contribution in [0.3, 0.4) is 0 Å². The number of carbonyl (C=O) groups is 4. The van der Waals surface area contributed by atoms with Crippen LogP contribution >= 0.6 is 0 Å². The van der Waals surface area contributed by atoms with Gasteiger partial charge in [-0.05, 0) is 110 Å². The summed E-state index contributed by atoms with van der Waals surface area (Å²) in [5, 5.41) is 2.75. The highest BCUT2D eigenvalue weighted by atomic mass is 16.5. The van der Waals surface area contributed by atoms with Crippen LogP contribution in [0, 0.1) is 6.92 Å². The van der Waals surface area contributed by atoms with Gasteiger partial charge in [-0.2, -0.15) is 0 Å². The number of aryl methyl sites for hydroxylation is 1. The predicted molar refractivity (Wildman–Crippen MR) is 192 cm³/mol. The van der Waals surface area contributed by atoms with Gasteiger partial charge < -0.3 is 29.0 Å². The molecule has 0 saturated carbocycles. The molecule has 0 aromatic heterocycles. The molecule has 0 bridgehead atoms. The molecule has 0 aliphatic carbocycles. The third-order valence-electron chi connectivity index (χ3n) is 6.79. The van der Waals surface area contributed by atoms with E-state index in [4.69, 9.17) is 23.7 Å². The molecule has 0 unspecified atom stereocenters. The first-order valence-corrected chi connectivity index (χ1v) is 16.1. The summed E-state index contributed by atoms with van der Waals surface area (Å²) in [6.07, 6.45) is 9.57. The van der Waals surface area contributed by atoms with Crippen molar-refractivity contribution in [1.82, 2.24) is 0 Å². The summed E-state index contributed by atoms with van der Waals surface area (Å²) in [7, 11) is 0. The Kier molecular flexibility index (Phi) is 16.2. The molecule has 3 aromatic carbocycles. The van der Waals surface area contributed by atoms with Crippen molar-refractivity contribution in [2.45, 2.75) is 39.5 Å². The highest BCUT2D eigenvalue weighted by Crippen LogP contribution is 2.26. The molecule has 0 aliphatic rings. The van der Waals surface area contributed by atoms with E-state index in [1.807, 2.05) is 31.2 Å². The molecule has 11 heteroatoms. The second-order valence-electron chi connectivity index (χ2n) is 10.8. The maximum atomic E-state index is 12.6. The van der Waals surface area contributed by atoms with Crippen LogP contribution in [0.1, 0.15) is 49.3 Å². The first-order valence-electron chi connectivity index (χ1n) is 16.1. The third kappa shape index (κ3) is 14.4. The van der Waals surface area contributed by atoms with E-state index in [1.165, 1.54) is 13.0 Å². The van der Waals surface area contributed by atoms with Crippen molar-refractivity contribution in [1.29, 1.82) is 0 Å². The summed E-state index contributed by atoms with van der Waals surface area (Å²) in [4.78, 5) is 51.2. The van der Waals surface area contributed by atoms with Crippen LogP contribution in [0.2, 0.25) is 0 Å². The lowest BCUT2D eigenvalue weighted by molar-refractivity contribution is -0.138. The molecule has 262 valence electrons. The molecule has 1 N–H and O–H groups in total.